The summed E-state index contributed by atoms with van der Waals surface area (Å²) in [6.45, 7) is 4.73. The van der Waals surface area contributed by atoms with E-state index in [0.29, 0.717) is 12.5 Å². The van der Waals surface area contributed by atoms with Gasteiger partial charge in [-0.15, -0.1) is 35.3 Å². The number of nitrogens with zero attached hydrogens (tertiary/aromatic N) is 2. The molecule has 0 aliphatic rings. The van der Waals surface area contributed by atoms with E-state index >= 15 is 0 Å². The van der Waals surface area contributed by atoms with Crippen LogP contribution in [0.25, 0.3) is 0 Å². The van der Waals surface area contributed by atoms with Gasteiger partial charge in [-0.25, -0.2) is 4.98 Å². The van der Waals surface area contributed by atoms with Gasteiger partial charge in [-0.1, -0.05) is 18.2 Å². The number of aromatic nitrogens is 1. The largest absolute Gasteiger partial charge is 0.370 e. The van der Waals surface area contributed by atoms with E-state index < -0.39 is 0 Å². The summed E-state index contributed by atoms with van der Waals surface area (Å²) in [5, 5.41) is 4.17. The summed E-state index contributed by atoms with van der Waals surface area (Å²) in [6.07, 6.45) is 0.883. The summed E-state index contributed by atoms with van der Waals surface area (Å²) >= 11 is 1.73. The molecule has 0 fully saturated rings. The van der Waals surface area contributed by atoms with Gasteiger partial charge in [0, 0.05) is 23.5 Å². The molecule has 1 aromatic heterocycles. The number of rotatable bonds is 4. The van der Waals surface area contributed by atoms with Crippen LogP contribution in [0, 0.1) is 13.8 Å². The molecule has 0 amide bonds. The van der Waals surface area contributed by atoms with Gasteiger partial charge < -0.3 is 11.1 Å². The third-order valence-corrected chi connectivity index (χ3v) is 3.80. The lowest BCUT2D eigenvalue weighted by Gasteiger charge is -2.04. The number of para-hydroxylation sites is 1. The van der Waals surface area contributed by atoms with Gasteiger partial charge in [0.15, 0.2) is 5.96 Å². The molecule has 2 aromatic rings. The number of guanidine groups is 1. The molecule has 4 nitrogen and oxygen atoms in total. The Morgan fingerprint density at radius 1 is 1.30 bits per heavy atom. The highest BCUT2D eigenvalue weighted by Crippen LogP contribution is 2.17. The van der Waals surface area contributed by atoms with Gasteiger partial charge in [-0.2, -0.15) is 0 Å². The van der Waals surface area contributed by atoms with Gasteiger partial charge in [0.25, 0.3) is 0 Å². The Labute approximate surface area is 140 Å². The Balaban J connectivity index is 0.00000200. The van der Waals surface area contributed by atoms with Gasteiger partial charge in [0.1, 0.15) is 0 Å². The Kier molecular flexibility index (Phi) is 6.94. The predicted molar refractivity (Wildman–Crippen MR) is 97.3 cm³/mol. The second kappa shape index (κ2) is 8.21. The lowest BCUT2D eigenvalue weighted by Crippen LogP contribution is -2.22. The summed E-state index contributed by atoms with van der Waals surface area (Å²) in [6, 6.07) is 9.80. The van der Waals surface area contributed by atoms with Gasteiger partial charge in [0.05, 0.1) is 10.7 Å². The number of nitrogens with one attached hydrogen (secondary N) is 1. The Hall–Kier alpha value is -1.15. The van der Waals surface area contributed by atoms with E-state index in [1.807, 2.05) is 44.2 Å². The van der Waals surface area contributed by atoms with Crippen molar-refractivity contribution in [3.05, 3.63) is 45.9 Å². The number of hydrogen-bond donors (Lipinski definition) is 2. The van der Waals surface area contributed by atoms with E-state index in [9.17, 15) is 0 Å². The number of nitrogens with two attached hydrogens (primary N) is 1. The molecule has 0 unspecified atom stereocenters. The fraction of sp³-hybridized carbons (Fsp3) is 0.286. The number of aliphatic imine (C=N–C) groups is 1. The molecule has 6 heteroatoms. The van der Waals surface area contributed by atoms with Crippen LogP contribution in [0.1, 0.15) is 15.6 Å². The van der Waals surface area contributed by atoms with Crippen molar-refractivity contribution in [2.24, 2.45) is 10.7 Å². The SMILES string of the molecule is Cc1nc(C)c(CCN=C(N)Nc2ccccc2)s1.I. The maximum atomic E-state index is 5.84. The van der Waals surface area contributed by atoms with Crippen molar-refractivity contribution in [1.82, 2.24) is 4.98 Å². The second-order valence-electron chi connectivity index (χ2n) is 4.25. The van der Waals surface area contributed by atoms with Crippen LogP contribution in [-0.4, -0.2) is 17.5 Å². The van der Waals surface area contributed by atoms with E-state index in [0.717, 1.165) is 22.8 Å². The summed E-state index contributed by atoms with van der Waals surface area (Å²) < 4.78 is 0. The lowest BCUT2D eigenvalue weighted by atomic mass is 10.3. The Morgan fingerprint density at radius 2 is 2.00 bits per heavy atom. The first-order chi connectivity index (χ1) is 9.15. The molecule has 0 atom stereocenters. The zero-order valence-corrected chi connectivity index (χ0v) is 14.7. The van der Waals surface area contributed by atoms with Crippen LogP contribution < -0.4 is 11.1 Å². The molecule has 0 aliphatic carbocycles. The first kappa shape index (κ1) is 16.9. The second-order valence-corrected chi connectivity index (χ2v) is 5.54. The summed E-state index contributed by atoms with van der Waals surface area (Å²) in [5.41, 5.74) is 7.90. The molecule has 0 bridgehead atoms. The van der Waals surface area contributed by atoms with Crippen LogP contribution in [0.5, 0.6) is 0 Å². The van der Waals surface area contributed by atoms with E-state index in [1.165, 1.54) is 4.88 Å². The third-order valence-electron chi connectivity index (χ3n) is 2.67. The number of halogens is 1. The van der Waals surface area contributed by atoms with E-state index in [1.54, 1.807) is 11.3 Å². The highest BCUT2D eigenvalue weighted by molar-refractivity contribution is 14.0. The van der Waals surface area contributed by atoms with Gasteiger partial charge >= 0.3 is 0 Å². The minimum Gasteiger partial charge on any atom is -0.370 e. The van der Waals surface area contributed by atoms with Crippen LogP contribution in [-0.2, 0) is 6.42 Å². The topological polar surface area (TPSA) is 63.3 Å². The van der Waals surface area contributed by atoms with Crippen molar-refractivity contribution in [3.8, 4) is 0 Å². The molecule has 0 saturated heterocycles. The molecular weight excluding hydrogens is 383 g/mol. The first-order valence-corrected chi connectivity index (χ1v) is 7.01. The molecule has 1 heterocycles. The fourth-order valence-corrected chi connectivity index (χ4v) is 2.72. The molecule has 108 valence electrons. The zero-order valence-electron chi connectivity index (χ0n) is 11.6. The van der Waals surface area contributed by atoms with E-state index in [2.05, 4.69) is 15.3 Å². The molecule has 1 aromatic carbocycles. The van der Waals surface area contributed by atoms with Crippen molar-refractivity contribution in [1.29, 1.82) is 0 Å². The van der Waals surface area contributed by atoms with Gasteiger partial charge in [-0.05, 0) is 26.0 Å². The van der Waals surface area contributed by atoms with Crippen molar-refractivity contribution >= 4 is 47.0 Å². The molecule has 20 heavy (non-hydrogen) atoms. The first-order valence-electron chi connectivity index (χ1n) is 6.20. The number of aryl methyl sites for hydroxylation is 2. The van der Waals surface area contributed by atoms with Crippen LogP contribution in [0.2, 0.25) is 0 Å². The molecule has 0 saturated carbocycles. The monoisotopic (exact) mass is 402 g/mol. The van der Waals surface area contributed by atoms with Crippen LogP contribution in [0.4, 0.5) is 5.69 Å². The maximum absolute atomic E-state index is 5.84. The van der Waals surface area contributed by atoms with Crippen molar-refractivity contribution in [2.75, 3.05) is 11.9 Å². The highest BCUT2D eigenvalue weighted by Gasteiger charge is 2.03. The maximum Gasteiger partial charge on any atom is 0.193 e. The Morgan fingerprint density at radius 3 is 2.60 bits per heavy atom. The number of hydrogen-bond acceptors (Lipinski definition) is 3. The Bertz CT molecular complexity index is 566. The van der Waals surface area contributed by atoms with Crippen molar-refractivity contribution in [2.45, 2.75) is 20.3 Å². The number of benzene rings is 1. The van der Waals surface area contributed by atoms with Crippen molar-refractivity contribution in [3.63, 3.8) is 0 Å². The molecule has 0 aliphatic heterocycles. The molecule has 0 radical (unpaired) electrons. The smallest absolute Gasteiger partial charge is 0.193 e. The minimum atomic E-state index is 0. The summed E-state index contributed by atoms with van der Waals surface area (Å²) in [7, 11) is 0. The molecule has 0 spiro atoms. The van der Waals surface area contributed by atoms with E-state index in [-0.39, 0.29) is 24.0 Å². The third kappa shape index (κ3) is 5.09. The predicted octanol–water partition coefficient (Wildman–Crippen LogP) is 3.35. The quantitative estimate of drug-likeness (QED) is 0.469. The van der Waals surface area contributed by atoms with Crippen LogP contribution >= 0.6 is 35.3 Å². The standard InChI is InChI=1S/C14H18N4S.HI/c1-10-13(19-11(2)17-10)8-9-16-14(15)18-12-6-4-3-5-7-12;/h3-7H,8-9H2,1-2H3,(H3,15,16,18);1H. The zero-order chi connectivity index (χ0) is 13.7. The average Bonchev–Trinajstić information content (AvgIpc) is 2.69. The van der Waals surface area contributed by atoms with Gasteiger partial charge in [0.2, 0.25) is 0 Å². The summed E-state index contributed by atoms with van der Waals surface area (Å²) in [5.74, 6) is 0.449. The minimum absolute atomic E-state index is 0. The van der Waals surface area contributed by atoms with Crippen LogP contribution in [0.15, 0.2) is 35.3 Å². The molecular formula is C14H19IN4S. The number of anilines is 1. The number of thiazole rings is 1. The highest BCUT2D eigenvalue weighted by atomic mass is 127. The lowest BCUT2D eigenvalue weighted by molar-refractivity contribution is 0.965. The molecule has 3 N–H and O–H groups in total. The van der Waals surface area contributed by atoms with Crippen LogP contribution in [0.3, 0.4) is 0 Å². The van der Waals surface area contributed by atoms with E-state index in [4.69, 9.17) is 5.73 Å². The average molecular weight is 402 g/mol. The van der Waals surface area contributed by atoms with Crippen molar-refractivity contribution < 1.29 is 0 Å². The fourth-order valence-electron chi connectivity index (χ4n) is 1.79. The normalized spacial score (nSPS) is 11.0. The van der Waals surface area contributed by atoms with Gasteiger partial charge in [-0.3, -0.25) is 4.99 Å². The summed E-state index contributed by atoms with van der Waals surface area (Å²) in [4.78, 5) is 10.0. The molecule has 2 rings (SSSR count).